The molecule has 1 heterocycles. The summed E-state index contributed by atoms with van der Waals surface area (Å²) in [6, 6.07) is 9.15. The van der Waals surface area contributed by atoms with Crippen LogP contribution in [-0.4, -0.2) is 24.1 Å². The lowest BCUT2D eigenvalue weighted by Gasteiger charge is -2.11. The average molecular weight is 273 g/mol. The van der Waals surface area contributed by atoms with Crippen LogP contribution in [-0.2, 0) is 0 Å². The van der Waals surface area contributed by atoms with Gasteiger partial charge in [-0.2, -0.15) is 4.98 Å². The van der Waals surface area contributed by atoms with E-state index in [4.69, 9.17) is 9.47 Å². The van der Waals surface area contributed by atoms with E-state index < -0.39 is 0 Å². The summed E-state index contributed by atoms with van der Waals surface area (Å²) in [7, 11) is 3.46. The molecule has 106 valence electrons. The zero-order valence-electron chi connectivity index (χ0n) is 12.2. The van der Waals surface area contributed by atoms with Gasteiger partial charge in [0.15, 0.2) is 0 Å². The van der Waals surface area contributed by atoms with Crippen molar-refractivity contribution in [1.29, 1.82) is 0 Å². The van der Waals surface area contributed by atoms with E-state index in [2.05, 4.69) is 15.3 Å². The van der Waals surface area contributed by atoms with Gasteiger partial charge in [-0.3, -0.25) is 0 Å². The van der Waals surface area contributed by atoms with E-state index in [-0.39, 0.29) is 5.92 Å². The maximum atomic E-state index is 5.76. The maximum Gasteiger partial charge on any atom is 0.224 e. The lowest BCUT2D eigenvalue weighted by Crippen LogP contribution is -2.03. The van der Waals surface area contributed by atoms with Crippen molar-refractivity contribution in [3.63, 3.8) is 0 Å². The molecule has 0 fully saturated rings. The highest BCUT2D eigenvalue weighted by atomic mass is 16.5. The normalized spacial score (nSPS) is 10.4. The summed E-state index contributed by atoms with van der Waals surface area (Å²) in [6.07, 6.45) is 0. The molecule has 0 atom stereocenters. The van der Waals surface area contributed by atoms with Gasteiger partial charge in [-0.1, -0.05) is 13.8 Å². The summed E-state index contributed by atoms with van der Waals surface area (Å²) in [5.41, 5.74) is 0. The van der Waals surface area contributed by atoms with Crippen LogP contribution in [0.5, 0.6) is 17.4 Å². The molecule has 0 aliphatic heterocycles. The minimum absolute atomic E-state index is 0.238. The van der Waals surface area contributed by atoms with E-state index in [9.17, 15) is 0 Å². The van der Waals surface area contributed by atoms with Gasteiger partial charge in [0.05, 0.1) is 7.11 Å². The summed E-state index contributed by atoms with van der Waals surface area (Å²) in [5, 5.41) is 3.02. The van der Waals surface area contributed by atoms with Crippen molar-refractivity contribution in [2.75, 3.05) is 19.5 Å². The van der Waals surface area contributed by atoms with E-state index in [1.165, 1.54) is 0 Å². The van der Waals surface area contributed by atoms with Crippen LogP contribution >= 0.6 is 0 Å². The maximum absolute atomic E-state index is 5.76. The predicted octanol–water partition coefficient (Wildman–Crippen LogP) is 3.44. The SMILES string of the molecule is CNc1cc(Oc2ccc(OC)cc2)nc(C(C)C)n1. The number of nitrogens with one attached hydrogen (secondary N) is 1. The standard InChI is InChI=1S/C15H19N3O2/c1-10(2)15-17-13(16-3)9-14(18-15)20-12-7-5-11(19-4)6-8-12/h5-10H,1-4H3,(H,16,17,18). The lowest BCUT2D eigenvalue weighted by molar-refractivity contribution is 0.412. The number of rotatable bonds is 5. The Kier molecular flexibility index (Phi) is 4.40. The smallest absolute Gasteiger partial charge is 0.224 e. The number of nitrogens with zero attached hydrogens (tertiary/aromatic N) is 2. The molecule has 0 aliphatic rings. The highest BCUT2D eigenvalue weighted by molar-refractivity contribution is 5.40. The first-order chi connectivity index (χ1) is 9.62. The summed E-state index contributed by atoms with van der Waals surface area (Å²) in [5.74, 6) is 3.76. The van der Waals surface area contributed by atoms with Crippen molar-refractivity contribution in [3.05, 3.63) is 36.2 Å². The van der Waals surface area contributed by atoms with E-state index >= 15 is 0 Å². The van der Waals surface area contributed by atoms with Gasteiger partial charge in [0.1, 0.15) is 23.1 Å². The second kappa shape index (κ2) is 6.23. The molecule has 5 nitrogen and oxygen atoms in total. The van der Waals surface area contributed by atoms with Gasteiger partial charge in [0, 0.05) is 19.0 Å². The minimum Gasteiger partial charge on any atom is -0.497 e. The average Bonchev–Trinajstić information content (AvgIpc) is 2.47. The number of benzene rings is 1. The van der Waals surface area contributed by atoms with Crippen LogP contribution in [0, 0.1) is 0 Å². The third-order valence-corrected chi connectivity index (χ3v) is 2.77. The Hall–Kier alpha value is -2.30. The quantitative estimate of drug-likeness (QED) is 0.904. The van der Waals surface area contributed by atoms with Crippen LogP contribution in [0.15, 0.2) is 30.3 Å². The number of hydrogen-bond acceptors (Lipinski definition) is 5. The summed E-state index contributed by atoms with van der Waals surface area (Å²) < 4.78 is 10.9. The van der Waals surface area contributed by atoms with E-state index in [0.29, 0.717) is 11.6 Å². The lowest BCUT2D eigenvalue weighted by atomic mass is 10.2. The molecular formula is C15H19N3O2. The van der Waals surface area contributed by atoms with E-state index in [1.807, 2.05) is 45.2 Å². The Morgan fingerprint density at radius 1 is 1.05 bits per heavy atom. The Balaban J connectivity index is 2.24. The first-order valence-corrected chi connectivity index (χ1v) is 6.51. The second-order valence-electron chi connectivity index (χ2n) is 4.63. The van der Waals surface area contributed by atoms with Crippen LogP contribution in [0.1, 0.15) is 25.6 Å². The molecule has 0 saturated heterocycles. The fraction of sp³-hybridized carbons (Fsp3) is 0.333. The minimum atomic E-state index is 0.238. The number of hydrogen-bond donors (Lipinski definition) is 1. The first kappa shape index (κ1) is 14.1. The summed E-state index contributed by atoms with van der Waals surface area (Å²) in [4.78, 5) is 8.81. The molecule has 0 aliphatic carbocycles. The summed E-state index contributed by atoms with van der Waals surface area (Å²) >= 11 is 0. The first-order valence-electron chi connectivity index (χ1n) is 6.51. The van der Waals surface area contributed by atoms with Gasteiger partial charge in [-0.05, 0) is 24.3 Å². The fourth-order valence-electron chi connectivity index (χ4n) is 1.65. The van der Waals surface area contributed by atoms with Crippen LogP contribution in [0.4, 0.5) is 5.82 Å². The van der Waals surface area contributed by atoms with Crippen molar-refractivity contribution in [3.8, 4) is 17.4 Å². The number of methoxy groups -OCH3 is 1. The van der Waals surface area contributed by atoms with Gasteiger partial charge in [-0.15, -0.1) is 0 Å². The topological polar surface area (TPSA) is 56.3 Å². The highest BCUT2D eigenvalue weighted by Crippen LogP contribution is 2.25. The molecule has 2 aromatic rings. The van der Waals surface area contributed by atoms with Crippen molar-refractivity contribution in [2.24, 2.45) is 0 Å². The molecule has 1 N–H and O–H groups in total. The molecule has 0 spiro atoms. The number of ether oxygens (including phenoxy) is 2. The van der Waals surface area contributed by atoms with Crippen molar-refractivity contribution >= 4 is 5.82 Å². The van der Waals surface area contributed by atoms with Crippen LogP contribution < -0.4 is 14.8 Å². The van der Waals surface area contributed by atoms with Crippen molar-refractivity contribution in [1.82, 2.24) is 9.97 Å². The number of aromatic nitrogens is 2. The van der Waals surface area contributed by atoms with Gasteiger partial charge in [0.25, 0.3) is 0 Å². The Bertz CT molecular complexity index is 568. The molecule has 0 bridgehead atoms. The Labute approximate surface area is 119 Å². The molecule has 1 aromatic heterocycles. The Morgan fingerprint density at radius 3 is 2.25 bits per heavy atom. The van der Waals surface area contributed by atoms with Crippen LogP contribution in [0.25, 0.3) is 0 Å². The zero-order valence-corrected chi connectivity index (χ0v) is 12.2. The Morgan fingerprint density at radius 2 is 1.70 bits per heavy atom. The van der Waals surface area contributed by atoms with E-state index in [1.54, 1.807) is 13.2 Å². The fourth-order valence-corrected chi connectivity index (χ4v) is 1.65. The summed E-state index contributed by atoms with van der Waals surface area (Å²) in [6.45, 7) is 4.10. The molecule has 0 saturated carbocycles. The van der Waals surface area contributed by atoms with Gasteiger partial charge in [0.2, 0.25) is 5.88 Å². The number of anilines is 1. The molecule has 0 radical (unpaired) electrons. The molecule has 5 heteroatoms. The molecule has 20 heavy (non-hydrogen) atoms. The zero-order chi connectivity index (χ0) is 14.5. The molecular weight excluding hydrogens is 254 g/mol. The highest BCUT2D eigenvalue weighted by Gasteiger charge is 2.09. The molecule has 2 rings (SSSR count). The van der Waals surface area contributed by atoms with Crippen LogP contribution in [0.3, 0.4) is 0 Å². The molecule has 1 aromatic carbocycles. The van der Waals surface area contributed by atoms with Crippen molar-refractivity contribution < 1.29 is 9.47 Å². The van der Waals surface area contributed by atoms with Gasteiger partial charge < -0.3 is 14.8 Å². The van der Waals surface area contributed by atoms with Gasteiger partial charge in [-0.25, -0.2) is 4.98 Å². The van der Waals surface area contributed by atoms with E-state index in [0.717, 1.165) is 17.4 Å². The monoisotopic (exact) mass is 273 g/mol. The second-order valence-corrected chi connectivity index (χ2v) is 4.63. The largest absolute Gasteiger partial charge is 0.497 e. The molecule has 0 amide bonds. The predicted molar refractivity (Wildman–Crippen MR) is 78.7 cm³/mol. The van der Waals surface area contributed by atoms with Crippen LogP contribution in [0.2, 0.25) is 0 Å². The van der Waals surface area contributed by atoms with Gasteiger partial charge >= 0.3 is 0 Å². The van der Waals surface area contributed by atoms with Crippen molar-refractivity contribution in [2.45, 2.75) is 19.8 Å². The molecule has 0 unspecified atom stereocenters. The third kappa shape index (κ3) is 3.38. The third-order valence-electron chi connectivity index (χ3n) is 2.77.